The van der Waals surface area contributed by atoms with Crippen LogP contribution in [0.2, 0.25) is 0 Å². The summed E-state index contributed by atoms with van der Waals surface area (Å²) in [4.78, 5) is 14.9. The molecule has 1 aliphatic heterocycles. The molecule has 3 rings (SSSR count). The summed E-state index contributed by atoms with van der Waals surface area (Å²) in [7, 11) is 0. The van der Waals surface area contributed by atoms with Gasteiger partial charge in [0.1, 0.15) is 0 Å². The minimum absolute atomic E-state index is 0.0869. The van der Waals surface area contributed by atoms with E-state index in [2.05, 4.69) is 37.4 Å². The second-order valence-corrected chi connectivity index (χ2v) is 6.23. The van der Waals surface area contributed by atoms with Gasteiger partial charge in [-0.1, -0.05) is 43.3 Å². The van der Waals surface area contributed by atoms with E-state index in [4.69, 9.17) is 0 Å². The second-order valence-electron chi connectivity index (χ2n) is 6.23. The predicted molar refractivity (Wildman–Crippen MR) is 95.7 cm³/mol. The van der Waals surface area contributed by atoms with Crippen LogP contribution in [0.4, 0.5) is 11.4 Å². The highest BCUT2D eigenvalue weighted by molar-refractivity contribution is 5.94. The van der Waals surface area contributed by atoms with E-state index >= 15 is 0 Å². The fourth-order valence-electron chi connectivity index (χ4n) is 3.37. The van der Waals surface area contributed by atoms with Gasteiger partial charge in [-0.3, -0.25) is 4.79 Å². The second kappa shape index (κ2) is 6.86. The van der Waals surface area contributed by atoms with E-state index in [9.17, 15) is 4.79 Å². The lowest BCUT2D eigenvalue weighted by Gasteiger charge is -2.39. The number of carbonyl (C=O) groups is 1. The van der Waals surface area contributed by atoms with Crippen molar-refractivity contribution in [3.63, 3.8) is 0 Å². The van der Waals surface area contributed by atoms with Gasteiger partial charge in [0.2, 0.25) is 5.91 Å². The topological polar surface area (TPSA) is 32.3 Å². The van der Waals surface area contributed by atoms with Gasteiger partial charge in [-0.25, -0.2) is 0 Å². The molecule has 2 aromatic carbocycles. The highest BCUT2D eigenvalue weighted by Gasteiger charge is 2.32. The van der Waals surface area contributed by atoms with Crippen LogP contribution in [0.15, 0.2) is 54.6 Å². The minimum Gasteiger partial charge on any atom is -0.382 e. The van der Waals surface area contributed by atoms with E-state index in [1.165, 1.54) is 5.56 Å². The van der Waals surface area contributed by atoms with Gasteiger partial charge in [0, 0.05) is 23.8 Å². The molecule has 1 heterocycles. The van der Waals surface area contributed by atoms with Crippen molar-refractivity contribution in [2.24, 2.45) is 0 Å². The van der Waals surface area contributed by atoms with Crippen LogP contribution >= 0.6 is 0 Å². The molecule has 2 atom stereocenters. The Hall–Kier alpha value is -2.29. The van der Waals surface area contributed by atoms with Crippen molar-refractivity contribution >= 4 is 17.3 Å². The van der Waals surface area contributed by atoms with Gasteiger partial charge in [0.05, 0.1) is 6.04 Å². The van der Waals surface area contributed by atoms with Crippen LogP contribution in [0.1, 0.15) is 44.7 Å². The molecule has 3 nitrogen and oxygen atoms in total. The van der Waals surface area contributed by atoms with Gasteiger partial charge < -0.3 is 10.2 Å². The molecular formula is C20H24N2O. The maximum atomic E-state index is 12.9. The van der Waals surface area contributed by atoms with Crippen molar-refractivity contribution in [2.75, 3.05) is 10.2 Å². The average molecular weight is 308 g/mol. The monoisotopic (exact) mass is 308 g/mol. The number of carbonyl (C=O) groups excluding carboxylic acids is 1. The summed E-state index contributed by atoms with van der Waals surface area (Å²) in [6.07, 6.45) is 2.36. The molecule has 23 heavy (non-hydrogen) atoms. The molecule has 1 aliphatic rings. The molecule has 2 unspecified atom stereocenters. The molecular weight excluding hydrogens is 284 g/mol. The minimum atomic E-state index is 0.0869. The van der Waals surface area contributed by atoms with Crippen LogP contribution in [0.5, 0.6) is 0 Å². The third-order valence-electron chi connectivity index (χ3n) is 4.38. The van der Waals surface area contributed by atoms with Crippen molar-refractivity contribution < 1.29 is 4.79 Å². The Morgan fingerprint density at radius 1 is 1.13 bits per heavy atom. The highest BCUT2D eigenvalue weighted by Crippen LogP contribution is 2.39. The van der Waals surface area contributed by atoms with Crippen molar-refractivity contribution in [2.45, 2.75) is 45.2 Å². The molecule has 1 amide bonds. The largest absolute Gasteiger partial charge is 0.382 e. The summed E-state index contributed by atoms with van der Waals surface area (Å²) in [5, 5.41) is 3.53. The summed E-state index contributed by atoms with van der Waals surface area (Å²) < 4.78 is 0. The third-order valence-corrected chi connectivity index (χ3v) is 4.38. The van der Waals surface area contributed by atoms with E-state index in [-0.39, 0.29) is 11.9 Å². The first-order chi connectivity index (χ1) is 11.2. The Morgan fingerprint density at radius 3 is 2.57 bits per heavy atom. The number of anilines is 2. The number of hydrogen-bond acceptors (Lipinski definition) is 2. The van der Waals surface area contributed by atoms with Crippen LogP contribution in [0, 0.1) is 0 Å². The zero-order valence-electron chi connectivity index (χ0n) is 13.8. The molecule has 0 aromatic heterocycles. The van der Waals surface area contributed by atoms with Crippen molar-refractivity contribution in [1.29, 1.82) is 0 Å². The van der Waals surface area contributed by atoms with Crippen LogP contribution in [0.25, 0.3) is 0 Å². The fraction of sp³-hybridized carbons (Fsp3) is 0.350. The van der Waals surface area contributed by atoms with Crippen LogP contribution in [0.3, 0.4) is 0 Å². The van der Waals surface area contributed by atoms with Crippen molar-refractivity contribution in [1.82, 2.24) is 0 Å². The number of nitrogens with zero attached hydrogens (tertiary/aromatic N) is 1. The quantitative estimate of drug-likeness (QED) is 0.882. The first-order valence-electron chi connectivity index (χ1n) is 8.43. The Kier molecular flexibility index (Phi) is 4.65. The van der Waals surface area contributed by atoms with Crippen LogP contribution in [-0.4, -0.2) is 11.9 Å². The first kappa shape index (κ1) is 15.6. The summed E-state index contributed by atoms with van der Waals surface area (Å²) >= 11 is 0. The van der Waals surface area contributed by atoms with Gasteiger partial charge in [-0.15, -0.1) is 0 Å². The Balaban J connectivity index is 2.05. The standard InChI is InChI=1S/C20H24N2O/c1-3-9-20(23)22(16-10-5-4-6-11-16)19-14-15(2)21-18-13-8-7-12-17(18)19/h4-8,10-13,15,19,21H,3,9,14H2,1-2H3. The number of hydrogen-bond donors (Lipinski definition) is 1. The number of nitrogens with one attached hydrogen (secondary N) is 1. The molecule has 0 saturated carbocycles. The van der Waals surface area contributed by atoms with Crippen molar-refractivity contribution in [3.8, 4) is 0 Å². The van der Waals surface area contributed by atoms with E-state index in [0.29, 0.717) is 12.5 Å². The van der Waals surface area contributed by atoms with Gasteiger partial charge in [0.15, 0.2) is 0 Å². The van der Waals surface area contributed by atoms with Crippen molar-refractivity contribution in [3.05, 3.63) is 60.2 Å². The summed E-state index contributed by atoms with van der Waals surface area (Å²) in [5.41, 5.74) is 3.33. The summed E-state index contributed by atoms with van der Waals surface area (Å²) in [6.45, 7) is 4.23. The molecule has 3 heteroatoms. The number of benzene rings is 2. The number of para-hydroxylation sites is 2. The van der Waals surface area contributed by atoms with Gasteiger partial charge >= 0.3 is 0 Å². The van der Waals surface area contributed by atoms with E-state index in [0.717, 1.165) is 24.2 Å². The van der Waals surface area contributed by atoms with E-state index in [1.54, 1.807) is 0 Å². The number of amides is 1. The third kappa shape index (κ3) is 3.24. The lowest BCUT2D eigenvalue weighted by atomic mass is 9.91. The summed E-state index contributed by atoms with van der Waals surface area (Å²) in [5.74, 6) is 0.201. The molecule has 0 fully saturated rings. The highest BCUT2D eigenvalue weighted by atomic mass is 16.2. The van der Waals surface area contributed by atoms with Crippen LogP contribution < -0.4 is 10.2 Å². The zero-order chi connectivity index (χ0) is 16.2. The molecule has 0 spiro atoms. The Bertz CT molecular complexity index is 668. The molecule has 1 N–H and O–H groups in total. The molecule has 2 aromatic rings. The molecule has 0 saturated heterocycles. The fourth-order valence-corrected chi connectivity index (χ4v) is 3.37. The predicted octanol–water partition coefficient (Wildman–Crippen LogP) is 4.77. The lowest BCUT2D eigenvalue weighted by Crippen LogP contribution is -2.40. The maximum absolute atomic E-state index is 12.9. The summed E-state index contributed by atoms with van der Waals surface area (Å²) in [6, 6.07) is 18.8. The normalized spacial score (nSPS) is 19.6. The van der Waals surface area contributed by atoms with Gasteiger partial charge in [0.25, 0.3) is 0 Å². The van der Waals surface area contributed by atoms with Gasteiger partial charge in [-0.2, -0.15) is 0 Å². The number of rotatable bonds is 4. The van der Waals surface area contributed by atoms with Gasteiger partial charge in [-0.05, 0) is 43.5 Å². The first-order valence-corrected chi connectivity index (χ1v) is 8.43. The Labute approximate surface area is 138 Å². The smallest absolute Gasteiger partial charge is 0.227 e. The van der Waals surface area contributed by atoms with E-state index in [1.807, 2.05) is 41.3 Å². The lowest BCUT2D eigenvalue weighted by molar-refractivity contribution is -0.119. The molecule has 0 radical (unpaired) electrons. The average Bonchev–Trinajstić information content (AvgIpc) is 2.56. The number of fused-ring (bicyclic) bond motifs is 1. The zero-order valence-corrected chi connectivity index (χ0v) is 13.8. The maximum Gasteiger partial charge on any atom is 0.227 e. The molecule has 120 valence electrons. The van der Waals surface area contributed by atoms with E-state index < -0.39 is 0 Å². The SMILES string of the molecule is CCCC(=O)N(c1ccccc1)C1CC(C)Nc2ccccc21. The molecule has 0 aliphatic carbocycles. The molecule has 0 bridgehead atoms. The van der Waals surface area contributed by atoms with Crippen LogP contribution in [-0.2, 0) is 4.79 Å². The Morgan fingerprint density at radius 2 is 1.83 bits per heavy atom.